The van der Waals surface area contributed by atoms with E-state index < -0.39 is 0 Å². The summed E-state index contributed by atoms with van der Waals surface area (Å²) in [6, 6.07) is 4.27. The Morgan fingerprint density at radius 3 is 2.95 bits per heavy atom. The molecule has 0 saturated heterocycles. The Bertz CT molecular complexity index is 413. The molecule has 2 rings (SSSR count). The van der Waals surface area contributed by atoms with Crippen molar-refractivity contribution < 1.29 is 0 Å². The molecular formula is C15H25N3S. The van der Waals surface area contributed by atoms with E-state index in [1.165, 1.54) is 37.0 Å². The Morgan fingerprint density at radius 2 is 2.26 bits per heavy atom. The molecule has 1 aromatic rings. The molecule has 1 unspecified atom stereocenters. The molecule has 1 aromatic heterocycles. The maximum atomic E-state index is 6.08. The van der Waals surface area contributed by atoms with E-state index in [2.05, 4.69) is 41.3 Å². The molecule has 19 heavy (non-hydrogen) atoms. The van der Waals surface area contributed by atoms with Crippen molar-refractivity contribution in [2.24, 2.45) is 10.7 Å². The number of rotatable bonds is 7. The normalized spacial score (nSPS) is 22.8. The Labute approximate surface area is 120 Å². The molecule has 0 amide bonds. The van der Waals surface area contributed by atoms with Crippen LogP contribution in [0, 0.1) is 0 Å². The van der Waals surface area contributed by atoms with Gasteiger partial charge in [0.1, 0.15) is 0 Å². The van der Waals surface area contributed by atoms with Gasteiger partial charge < -0.3 is 10.6 Å². The van der Waals surface area contributed by atoms with Crippen molar-refractivity contribution in [3.05, 3.63) is 22.4 Å². The second-order valence-electron chi connectivity index (χ2n) is 5.65. The number of guanidine groups is 1. The maximum Gasteiger partial charge on any atom is 0.192 e. The van der Waals surface area contributed by atoms with Gasteiger partial charge in [-0.15, -0.1) is 11.3 Å². The fourth-order valence-corrected chi connectivity index (χ4v) is 3.37. The monoisotopic (exact) mass is 279 g/mol. The lowest BCUT2D eigenvalue weighted by atomic mass is 9.93. The number of thiophene rings is 1. The standard InChI is InChI=1S/C15H25N3S/c1-3-4-5-6-9-15(2)12-17-14(16)18(15)11-13-8-7-10-19-13/h7-8,10H,3-6,9,11-12H2,1-2H3,(H2,16,17). The molecule has 0 fully saturated rings. The molecule has 0 spiro atoms. The third-order valence-corrected chi connectivity index (χ3v) is 4.83. The summed E-state index contributed by atoms with van der Waals surface area (Å²) < 4.78 is 0. The summed E-state index contributed by atoms with van der Waals surface area (Å²) in [5.74, 6) is 0.714. The highest BCUT2D eigenvalue weighted by molar-refractivity contribution is 7.09. The summed E-state index contributed by atoms with van der Waals surface area (Å²) in [6.45, 7) is 6.30. The molecule has 1 aliphatic rings. The molecule has 2 N–H and O–H groups in total. The van der Waals surface area contributed by atoms with Crippen LogP contribution in [-0.4, -0.2) is 22.9 Å². The summed E-state index contributed by atoms with van der Waals surface area (Å²) in [6.07, 6.45) is 6.39. The Balaban J connectivity index is 1.95. The van der Waals surface area contributed by atoms with Crippen molar-refractivity contribution in [1.82, 2.24) is 4.90 Å². The lowest BCUT2D eigenvalue weighted by Gasteiger charge is -2.36. The van der Waals surface area contributed by atoms with Gasteiger partial charge in [0, 0.05) is 4.88 Å². The van der Waals surface area contributed by atoms with Crippen molar-refractivity contribution in [2.75, 3.05) is 6.54 Å². The van der Waals surface area contributed by atoms with E-state index in [0.717, 1.165) is 13.1 Å². The quantitative estimate of drug-likeness (QED) is 0.775. The van der Waals surface area contributed by atoms with Gasteiger partial charge in [-0.05, 0) is 24.8 Å². The van der Waals surface area contributed by atoms with Gasteiger partial charge in [-0.25, -0.2) is 0 Å². The van der Waals surface area contributed by atoms with Crippen LogP contribution in [0.4, 0.5) is 0 Å². The van der Waals surface area contributed by atoms with Gasteiger partial charge in [0.2, 0.25) is 0 Å². The molecule has 106 valence electrons. The predicted molar refractivity (Wildman–Crippen MR) is 83.5 cm³/mol. The van der Waals surface area contributed by atoms with Crippen LogP contribution in [0.3, 0.4) is 0 Å². The van der Waals surface area contributed by atoms with Crippen LogP contribution >= 0.6 is 11.3 Å². The maximum absolute atomic E-state index is 6.08. The first kappa shape index (κ1) is 14.4. The van der Waals surface area contributed by atoms with E-state index >= 15 is 0 Å². The molecule has 4 heteroatoms. The molecular weight excluding hydrogens is 254 g/mol. The van der Waals surface area contributed by atoms with Crippen LogP contribution in [-0.2, 0) is 6.54 Å². The number of unbranched alkanes of at least 4 members (excludes halogenated alkanes) is 3. The summed E-state index contributed by atoms with van der Waals surface area (Å²) in [5, 5.41) is 2.12. The lowest BCUT2D eigenvalue weighted by molar-refractivity contribution is 0.196. The molecule has 1 aliphatic heterocycles. The number of nitrogens with zero attached hydrogens (tertiary/aromatic N) is 2. The number of hydrogen-bond acceptors (Lipinski definition) is 4. The summed E-state index contributed by atoms with van der Waals surface area (Å²) in [5.41, 5.74) is 6.20. The zero-order valence-electron chi connectivity index (χ0n) is 12.1. The smallest absolute Gasteiger partial charge is 0.192 e. The van der Waals surface area contributed by atoms with Gasteiger partial charge in [-0.3, -0.25) is 4.99 Å². The van der Waals surface area contributed by atoms with Gasteiger partial charge >= 0.3 is 0 Å². The van der Waals surface area contributed by atoms with Crippen molar-refractivity contribution >= 4 is 17.3 Å². The number of aliphatic imine (C=N–C) groups is 1. The van der Waals surface area contributed by atoms with Crippen molar-refractivity contribution in [1.29, 1.82) is 0 Å². The molecule has 0 saturated carbocycles. The Morgan fingerprint density at radius 1 is 1.42 bits per heavy atom. The van der Waals surface area contributed by atoms with Crippen LogP contribution in [0.2, 0.25) is 0 Å². The van der Waals surface area contributed by atoms with E-state index in [-0.39, 0.29) is 5.54 Å². The minimum absolute atomic E-state index is 0.113. The SMILES string of the molecule is CCCCCCC1(C)CN=C(N)N1Cc1cccs1. The average Bonchev–Trinajstić information content (AvgIpc) is 2.99. The van der Waals surface area contributed by atoms with Crippen LogP contribution in [0.25, 0.3) is 0 Å². The third kappa shape index (κ3) is 3.50. The minimum atomic E-state index is 0.113. The van der Waals surface area contributed by atoms with Gasteiger partial charge in [0.05, 0.1) is 18.6 Å². The topological polar surface area (TPSA) is 41.6 Å². The van der Waals surface area contributed by atoms with Crippen LogP contribution < -0.4 is 5.73 Å². The van der Waals surface area contributed by atoms with E-state index in [9.17, 15) is 0 Å². The summed E-state index contributed by atoms with van der Waals surface area (Å²) >= 11 is 1.79. The first-order valence-electron chi connectivity index (χ1n) is 7.25. The first-order chi connectivity index (χ1) is 9.15. The molecule has 0 aromatic carbocycles. The fourth-order valence-electron chi connectivity index (χ4n) is 2.68. The number of nitrogens with two attached hydrogens (primary N) is 1. The van der Waals surface area contributed by atoms with Crippen molar-refractivity contribution in [2.45, 2.75) is 58.0 Å². The zero-order chi connectivity index (χ0) is 13.7. The Hall–Kier alpha value is -1.03. The third-order valence-electron chi connectivity index (χ3n) is 3.97. The highest BCUT2D eigenvalue weighted by Crippen LogP contribution is 2.30. The highest BCUT2D eigenvalue weighted by atomic mass is 32.1. The van der Waals surface area contributed by atoms with Crippen LogP contribution in [0.5, 0.6) is 0 Å². The second kappa shape index (κ2) is 6.42. The lowest BCUT2D eigenvalue weighted by Crippen LogP contribution is -2.48. The van der Waals surface area contributed by atoms with Crippen LogP contribution in [0.15, 0.2) is 22.5 Å². The first-order valence-corrected chi connectivity index (χ1v) is 8.13. The molecule has 0 radical (unpaired) electrons. The van der Waals surface area contributed by atoms with E-state index in [0.29, 0.717) is 5.96 Å². The molecule has 3 nitrogen and oxygen atoms in total. The van der Waals surface area contributed by atoms with Crippen LogP contribution in [0.1, 0.15) is 50.8 Å². The van der Waals surface area contributed by atoms with Gasteiger partial charge in [0.15, 0.2) is 5.96 Å². The van der Waals surface area contributed by atoms with E-state index in [1.54, 1.807) is 11.3 Å². The van der Waals surface area contributed by atoms with Gasteiger partial charge in [-0.1, -0.05) is 38.7 Å². The molecule has 1 atom stereocenters. The zero-order valence-corrected chi connectivity index (χ0v) is 12.9. The molecule has 0 bridgehead atoms. The van der Waals surface area contributed by atoms with Gasteiger partial charge in [0.25, 0.3) is 0 Å². The average molecular weight is 279 g/mol. The largest absolute Gasteiger partial charge is 0.370 e. The number of hydrogen-bond donors (Lipinski definition) is 1. The van der Waals surface area contributed by atoms with E-state index in [4.69, 9.17) is 5.73 Å². The van der Waals surface area contributed by atoms with Crippen molar-refractivity contribution in [3.8, 4) is 0 Å². The van der Waals surface area contributed by atoms with Gasteiger partial charge in [-0.2, -0.15) is 0 Å². The molecule has 2 heterocycles. The van der Waals surface area contributed by atoms with Crippen molar-refractivity contribution in [3.63, 3.8) is 0 Å². The highest BCUT2D eigenvalue weighted by Gasteiger charge is 2.37. The molecule has 0 aliphatic carbocycles. The summed E-state index contributed by atoms with van der Waals surface area (Å²) in [4.78, 5) is 8.13. The Kier molecular flexibility index (Phi) is 4.86. The minimum Gasteiger partial charge on any atom is -0.370 e. The summed E-state index contributed by atoms with van der Waals surface area (Å²) in [7, 11) is 0. The fraction of sp³-hybridized carbons (Fsp3) is 0.667. The predicted octanol–water partition coefficient (Wildman–Crippen LogP) is 3.61. The second-order valence-corrected chi connectivity index (χ2v) is 6.68. The van der Waals surface area contributed by atoms with E-state index in [1.807, 2.05) is 0 Å².